The Morgan fingerprint density at radius 1 is 1.35 bits per heavy atom. The lowest BCUT2D eigenvalue weighted by molar-refractivity contribution is -0.150. The van der Waals surface area contributed by atoms with E-state index in [1.807, 2.05) is 13.8 Å². The van der Waals surface area contributed by atoms with Crippen LogP contribution in [0.1, 0.15) is 51.2 Å². The summed E-state index contributed by atoms with van der Waals surface area (Å²) in [7, 11) is 0. The van der Waals surface area contributed by atoms with Gasteiger partial charge in [-0.2, -0.15) is 9.61 Å². The zero-order valence-corrected chi connectivity index (χ0v) is 14.9. The maximum Gasteiger partial charge on any atom is 0.309 e. The second kappa shape index (κ2) is 7.68. The van der Waals surface area contributed by atoms with Crippen LogP contribution >= 0.6 is 11.3 Å². The standard InChI is InChI=1S/C16H23N3O3S/c1-5-11(6-2)15(21)22-9-12-8-14(20)19-16(17-12)23-13(18-19)7-10(3)4/h8,10-11H,5-7,9H2,1-4H3. The average Bonchev–Trinajstić information content (AvgIpc) is 2.88. The molecule has 0 unspecified atom stereocenters. The molecule has 0 aliphatic heterocycles. The summed E-state index contributed by atoms with van der Waals surface area (Å²) in [6.45, 7) is 8.15. The van der Waals surface area contributed by atoms with E-state index in [9.17, 15) is 9.59 Å². The summed E-state index contributed by atoms with van der Waals surface area (Å²) in [6, 6.07) is 1.38. The van der Waals surface area contributed by atoms with Gasteiger partial charge in [0.1, 0.15) is 11.6 Å². The van der Waals surface area contributed by atoms with Crippen molar-refractivity contribution in [1.29, 1.82) is 0 Å². The molecule has 0 amide bonds. The highest BCUT2D eigenvalue weighted by Gasteiger charge is 2.17. The number of ether oxygens (including phenoxy) is 1. The summed E-state index contributed by atoms with van der Waals surface area (Å²) in [6.07, 6.45) is 2.31. The maximum absolute atomic E-state index is 12.1. The maximum atomic E-state index is 12.1. The Hall–Kier alpha value is -1.76. The lowest BCUT2D eigenvalue weighted by atomic mass is 10.0. The first-order valence-corrected chi connectivity index (χ1v) is 8.81. The largest absolute Gasteiger partial charge is 0.459 e. The first-order valence-electron chi connectivity index (χ1n) is 7.99. The van der Waals surface area contributed by atoms with E-state index in [4.69, 9.17) is 4.74 Å². The molecule has 0 saturated carbocycles. The average molecular weight is 337 g/mol. The molecular formula is C16H23N3O3S. The van der Waals surface area contributed by atoms with Crippen molar-refractivity contribution >= 4 is 22.3 Å². The van der Waals surface area contributed by atoms with Crippen LogP contribution < -0.4 is 5.56 Å². The highest BCUT2D eigenvalue weighted by molar-refractivity contribution is 7.16. The van der Waals surface area contributed by atoms with Gasteiger partial charge < -0.3 is 4.74 Å². The molecule has 126 valence electrons. The smallest absolute Gasteiger partial charge is 0.309 e. The molecule has 0 bridgehead atoms. The summed E-state index contributed by atoms with van der Waals surface area (Å²) in [5, 5.41) is 5.18. The molecule has 0 fully saturated rings. The molecule has 2 rings (SSSR count). The topological polar surface area (TPSA) is 73.6 Å². The Morgan fingerprint density at radius 3 is 2.65 bits per heavy atom. The number of nitrogens with zero attached hydrogens (tertiary/aromatic N) is 3. The van der Waals surface area contributed by atoms with Gasteiger partial charge >= 0.3 is 5.97 Å². The summed E-state index contributed by atoms with van der Waals surface area (Å²) in [5.74, 6) is 0.134. The molecule has 2 aromatic heterocycles. The minimum absolute atomic E-state index is 0.0263. The highest BCUT2D eigenvalue weighted by atomic mass is 32.1. The van der Waals surface area contributed by atoms with E-state index in [-0.39, 0.29) is 24.1 Å². The first kappa shape index (κ1) is 17.6. The summed E-state index contributed by atoms with van der Waals surface area (Å²) in [5.41, 5.74) is 0.226. The predicted molar refractivity (Wildman–Crippen MR) is 89.5 cm³/mol. The number of rotatable bonds is 7. The van der Waals surface area contributed by atoms with Gasteiger partial charge in [-0.3, -0.25) is 9.59 Å². The van der Waals surface area contributed by atoms with Crippen molar-refractivity contribution in [2.45, 2.75) is 53.6 Å². The second-order valence-corrected chi connectivity index (χ2v) is 7.04. The number of carbonyl (C=O) groups excluding carboxylic acids is 1. The first-order chi connectivity index (χ1) is 10.9. The Labute approximate surface area is 139 Å². The van der Waals surface area contributed by atoms with Crippen LogP contribution in [0.25, 0.3) is 4.96 Å². The predicted octanol–water partition coefficient (Wildman–Crippen LogP) is 2.83. The van der Waals surface area contributed by atoms with Crippen molar-refractivity contribution in [2.24, 2.45) is 11.8 Å². The van der Waals surface area contributed by atoms with Crippen molar-refractivity contribution in [1.82, 2.24) is 14.6 Å². The molecule has 0 aliphatic carbocycles. The Balaban J connectivity index is 2.16. The summed E-state index contributed by atoms with van der Waals surface area (Å²) >= 11 is 1.40. The quantitative estimate of drug-likeness (QED) is 0.726. The molecule has 0 aliphatic rings. The Morgan fingerprint density at radius 2 is 2.04 bits per heavy atom. The van der Waals surface area contributed by atoms with Gasteiger partial charge in [-0.15, -0.1) is 0 Å². The Kier molecular flexibility index (Phi) is 5.87. The number of hydrogen-bond acceptors (Lipinski definition) is 6. The van der Waals surface area contributed by atoms with E-state index >= 15 is 0 Å². The van der Waals surface area contributed by atoms with Crippen LogP contribution in [0.5, 0.6) is 0 Å². The number of aromatic nitrogens is 3. The van der Waals surface area contributed by atoms with Gasteiger partial charge in [0.05, 0.1) is 11.6 Å². The number of fused-ring (bicyclic) bond motifs is 1. The molecule has 7 heteroatoms. The molecule has 0 atom stereocenters. The van der Waals surface area contributed by atoms with Crippen LogP contribution in [0.15, 0.2) is 10.9 Å². The SMILES string of the molecule is CCC(CC)C(=O)OCc1cc(=O)n2nc(CC(C)C)sc2n1. The lowest BCUT2D eigenvalue weighted by Crippen LogP contribution is -2.19. The van der Waals surface area contributed by atoms with Gasteiger partial charge in [-0.05, 0) is 18.8 Å². The van der Waals surface area contributed by atoms with E-state index in [0.29, 0.717) is 16.6 Å². The van der Waals surface area contributed by atoms with E-state index in [1.54, 1.807) is 0 Å². The molecule has 0 radical (unpaired) electrons. The second-order valence-electron chi connectivity index (χ2n) is 5.99. The van der Waals surface area contributed by atoms with Crippen LogP contribution in [0.4, 0.5) is 0 Å². The number of carbonyl (C=O) groups is 1. The molecule has 23 heavy (non-hydrogen) atoms. The molecule has 0 N–H and O–H groups in total. The fourth-order valence-electron chi connectivity index (χ4n) is 2.29. The van der Waals surface area contributed by atoms with Crippen LogP contribution in [0.3, 0.4) is 0 Å². The van der Waals surface area contributed by atoms with Crippen LogP contribution in [-0.4, -0.2) is 20.6 Å². The Bertz CT molecular complexity index is 732. The fourth-order valence-corrected chi connectivity index (χ4v) is 3.42. The van der Waals surface area contributed by atoms with Crippen molar-refractivity contribution in [3.8, 4) is 0 Å². The summed E-state index contributed by atoms with van der Waals surface area (Å²) in [4.78, 5) is 29.0. The summed E-state index contributed by atoms with van der Waals surface area (Å²) < 4.78 is 6.60. The van der Waals surface area contributed by atoms with E-state index < -0.39 is 0 Å². The lowest BCUT2D eigenvalue weighted by Gasteiger charge is -2.11. The number of esters is 1. The van der Waals surface area contributed by atoms with Gasteiger partial charge in [-0.1, -0.05) is 39.0 Å². The van der Waals surface area contributed by atoms with Gasteiger partial charge in [-0.25, -0.2) is 4.98 Å². The minimum Gasteiger partial charge on any atom is -0.459 e. The van der Waals surface area contributed by atoms with Crippen molar-refractivity contribution in [3.05, 3.63) is 27.1 Å². The molecule has 6 nitrogen and oxygen atoms in total. The zero-order valence-electron chi connectivity index (χ0n) is 14.0. The fraction of sp³-hybridized carbons (Fsp3) is 0.625. The van der Waals surface area contributed by atoms with Crippen LogP contribution in [-0.2, 0) is 22.6 Å². The minimum atomic E-state index is -0.241. The molecular weight excluding hydrogens is 314 g/mol. The third kappa shape index (κ3) is 4.37. The molecule has 0 saturated heterocycles. The van der Waals surface area contributed by atoms with Crippen LogP contribution in [0, 0.1) is 11.8 Å². The highest BCUT2D eigenvalue weighted by Crippen LogP contribution is 2.16. The molecule has 2 heterocycles. The third-order valence-corrected chi connectivity index (χ3v) is 4.53. The molecule has 0 spiro atoms. The molecule has 2 aromatic rings. The van der Waals surface area contributed by atoms with Gasteiger partial charge in [0.25, 0.3) is 5.56 Å². The van der Waals surface area contributed by atoms with Gasteiger partial charge in [0, 0.05) is 12.5 Å². The van der Waals surface area contributed by atoms with Crippen molar-refractivity contribution in [3.63, 3.8) is 0 Å². The van der Waals surface area contributed by atoms with E-state index in [1.165, 1.54) is 21.9 Å². The third-order valence-electron chi connectivity index (χ3n) is 3.60. The van der Waals surface area contributed by atoms with Crippen molar-refractivity contribution < 1.29 is 9.53 Å². The van der Waals surface area contributed by atoms with E-state index in [2.05, 4.69) is 23.9 Å². The number of hydrogen-bond donors (Lipinski definition) is 0. The zero-order chi connectivity index (χ0) is 17.0. The van der Waals surface area contributed by atoms with E-state index in [0.717, 1.165) is 24.3 Å². The normalized spacial score (nSPS) is 11.6. The van der Waals surface area contributed by atoms with Gasteiger partial charge in [0.2, 0.25) is 4.96 Å². The molecule has 0 aromatic carbocycles. The van der Waals surface area contributed by atoms with Gasteiger partial charge in [0.15, 0.2) is 0 Å². The monoisotopic (exact) mass is 337 g/mol. The van der Waals surface area contributed by atoms with Crippen molar-refractivity contribution in [2.75, 3.05) is 0 Å². The van der Waals surface area contributed by atoms with Crippen LogP contribution in [0.2, 0.25) is 0 Å².